The molecule has 0 aliphatic heterocycles. The van der Waals surface area contributed by atoms with E-state index in [2.05, 4.69) is 4.98 Å². The summed E-state index contributed by atoms with van der Waals surface area (Å²) in [6.07, 6.45) is 1.91. The molecule has 0 radical (unpaired) electrons. The number of ether oxygens (including phenoxy) is 1. The highest BCUT2D eigenvalue weighted by atomic mass is 32.2. The molecule has 94 valence electrons. The van der Waals surface area contributed by atoms with Crippen LogP contribution in [0.1, 0.15) is 5.69 Å². The largest absolute Gasteiger partial charge is 0.497 e. The summed E-state index contributed by atoms with van der Waals surface area (Å²) in [4.78, 5) is 15.1. The summed E-state index contributed by atoms with van der Waals surface area (Å²) in [6.45, 7) is 0. The number of methoxy groups -OCH3 is 1. The SMILES string of the molecule is COc1ccc2c(=O)cc(/C(N)=C/SC)[nH]c2c1. The molecule has 2 aromatic rings. The lowest BCUT2D eigenvalue weighted by Crippen LogP contribution is -2.08. The van der Waals surface area contributed by atoms with E-state index in [0.717, 1.165) is 0 Å². The van der Waals surface area contributed by atoms with Gasteiger partial charge in [-0.1, -0.05) is 0 Å². The summed E-state index contributed by atoms with van der Waals surface area (Å²) < 4.78 is 5.14. The minimum Gasteiger partial charge on any atom is -0.497 e. The van der Waals surface area contributed by atoms with Crippen molar-refractivity contribution in [3.05, 3.63) is 45.6 Å². The molecule has 0 atom stereocenters. The van der Waals surface area contributed by atoms with E-state index in [1.54, 1.807) is 30.7 Å². The maximum absolute atomic E-state index is 12.0. The molecule has 0 spiro atoms. The van der Waals surface area contributed by atoms with Gasteiger partial charge in [0, 0.05) is 17.5 Å². The predicted octanol–water partition coefficient (Wildman–Crippen LogP) is 2.16. The van der Waals surface area contributed by atoms with Gasteiger partial charge in [0.25, 0.3) is 0 Å². The van der Waals surface area contributed by atoms with E-state index in [4.69, 9.17) is 10.5 Å². The zero-order chi connectivity index (χ0) is 13.1. The van der Waals surface area contributed by atoms with Crippen molar-refractivity contribution >= 4 is 28.4 Å². The van der Waals surface area contributed by atoms with Crippen molar-refractivity contribution in [3.63, 3.8) is 0 Å². The first-order valence-corrected chi connectivity index (χ1v) is 6.64. The van der Waals surface area contributed by atoms with Crippen LogP contribution >= 0.6 is 11.8 Å². The number of benzene rings is 1. The van der Waals surface area contributed by atoms with Gasteiger partial charge in [-0.05, 0) is 23.8 Å². The highest BCUT2D eigenvalue weighted by Crippen LogP contribution is 2.18. The minimum absolute atomic E-state index is 0.0566. The molecule has 0 saturated carbocycles. The molecule has 0 amide bonds. The number of pyridine rings is 1. The standard InChI is InChI=1S/C13H14N2O2S/c1-17-8-3-4-9-11(5-8)15-12(6-13(9)16)10(14)7-18-2/h3-7H,14H2,1-2H3,(H,15,16)/b10-7-. The molecule has 1 aromatic heterocycles. The predicted molar refractivity (Wildman–Crippen MR) is 76.8 cm³/mol. The Morgan fingerprint density at radius 3 is 2.89 bits per heavy atom. The van der Waals surface area contributed by atoms with Crippen molar-refractivity contribution in [3.8, 4) is 5.75 Å². The molecular formula is C13H14N2O2S. The number of nitrogens with one attached hydrogen (secondary N) is 1. The van der Waals surface area contributed by atoms with Gasteiger partial charge in [0.1, 0.15) is 5.75 Å². The number of H-pyrrole nitrogens is 1. The highest BCUT2D eigenvalue weighted by molar-refractivity contribution is 8.01. The molecule has 1 aromatic carbocycles. The summed E-state index contributed by atoms with van der Waals surface area (Å²) in [5.41, 5.74) is 7.70. The number of aromatic amines is 1. The third-order valence-electron chi connectivity index (χ3n) is 2.59. The number of fused-ring (bicyclic) bond motifs is 1. The topological polar surface area (TPSA) is 68.1 Å². The zero-order valence-electron chi connectivity index (χ0n) is 10.2. The van der Waals surface area contributed by atoms with Crippen molar-refractivity contribution in [2.45, 2.75) is 0 Å². The van der Waals surface area contributed by atoms with E-state index in [1.165, 1.54) is 17.8 Å². The molecule has 0 aliphatic carbocycles. The molecule has 0 unspecified atom stereocenters. The van der Waals surface area contributed by atoms with Crippen LogP contribution in [0.4, 0.5) is 0 Å². The van der Waals surface area contributed by atoms with Crippen molar-refractivity contribution in [1.82, 2.24) is 4.98 Å². The van der Waals surface area contributed by atoms with E-state index in [1.807, 2.05) is 6.26 Å². The van der Waals surface area contributed by atoms with E-state index < -0.39 is 0 Å². The Kier molecular flexibility index (Phi) is 3.62. The average Bonchev–Trinajstić information content (AvgIpc) is 2.38. The number of aromatic nitrogens is 1. The molecule has 5 heteroatoms. The van der Waals surface area contributed by atoms with Crippen molar-refractivity contribution in [2.24, 2.45) is 5.73 Å². The van der Waals surface area contributed by atoms with E-state index in [9.17, 15) is 4.79 Å². The number of thioether (sulfide) groups is 1. The van der Waals surface area contributed by atoms with E-state index in [-0.39, 0.29) is 5.43 Å². The monoisotopic (exact) mass is 262 g/mol. The van der Waals surface area contributed by atoms with Crippen LogP contribution in [-0.2, 0) is 0 Å². The number of rotatable bonds is 3. The normalized spacial score (nSPS) is 11.8. The first kappa shape index (κ1) is 12.6. The lowest BCUT2D eigenvalue weighted by Gasteiger charge is -2.06. The molecule has 0 bridgehead atoms. The molecule has 1 heterocycles. The van der Waals surface area contributed by atoms with Crippen molar-refractivity contribution in [1.29, 1.82) is 0 Å². The van der Waals surface area contributed by atoms with Crippen LogP contribution in [0, 0.1) is 0 Å². The Morgan fingerprint density at radius 1 is 1.44 bits per heavy atom. The van der Waals surface area contributed by atoms with Crippen molar-refractivity contribution < 1.29 is 4.74 Å². The fraction of sp³-hybridized carbons (Fsp3) is 0.154. The molecule has 2 rings (SSSR count). The first-order valence-electron chi connectivity index (χ1n) is 5.35. The second-order valence-corrected chi connectivity index (χ2v) is 4.47. The van der Waals surface area contributed by atoms with E-state index in [0.29, 0.717) is 28.0 Å². The summed E-state index contributed by atoms with van der Waals surface area (Å²) in [7, 11) is 1.59. The molecule has 0 fully saturated rings. The maximum Gasteiger partial charge on any atom is 0.190 e. The van der Waals surface area contributed by atoms with Crippen LogP contribution in [0.25, 0.3) is 16.6 Å². The molecular weight excluding hydrogens is 248 g/mol. The van der Waals surface area contributed by atoms with Crippen LogP contribution in [0.2, 0.25) is 0 Å². The number of hydrogen-bond donors (Lipinski definition) is 2. The minimum atomic E-state index is -0.0566. The summed E-state index contributed by atoms with van der Waals surface area (Å²) in [6, 6.07) is 6.80. The molecule has 4 nitrogen and oxygen atoms in total. The third kappa shape index (κ3) is 2.36. The summed E-state index contributed by atoms with van der Waals surface area (Å²) >= 11 is 1.49. The first-order chi connectivity index (χ1) is 8.65. The Bertz CT molecular complexity index is 662. The van der Waals surface area contributed by atoms with E-state index >= 15 is 0 Å². The number of hydrogen-bond acceptors (Lipinski definition) is 4. The van der Waals surface area contributed by atoms with Gasteiger partial charge >= 0.3 is 0 Å². The molecule has 0 saturated heterocycles. The van der Waals surface area contributed by atoms with Gasteiger partial charge in [-0.25, -0.2) is 0 Å². The second kappa shape index (κ2) is 5.18. The smallest absolute Gasteiger partial charge is 0.190 e. The number of nitrogens with two attached hydrogens (primary N) is 1. The van der Waals surface area contributed by atoms with Crippen LogP contribution in [-0.4, -0.2) is 18.3 Å². The Morgan fingerprint density at radius 2 is 2.22 bits per heavy atom. The summed E-state index contributed by atoms with van der Waals surface area (Å²) in [5.74, 6) is 0.697. The third-order valence-corrected chi connectivity index (χ3v) is 3.08. The van der Waals surface area contributed by atoms with Crippen LogP contribution in [0.15, 0.2) is 34.5 Å². The molecule has 0 aliphatic rings. The van der Waals surface area contributed by atoms with Crippen LogP contribution in [0.5, 0.6) is 5.75 Å². The summed E-state index contributed by atoms with van der Waals surface area (Å²) in [5, 5.41) is 2.41. The average molecular weight is 262 g/mol. The van der Waals surface area contributed by atoms with Gasteiger partial charge in [0.15, 0.2) is 5.43 Å². The quantitative estimate of drug-likeness (QED) is 0.889. The van der Waals surface area contributed by atoms with Crippen molar-refractivity contribution in [2.75, 3.05) is 13.4 Å². The molecule has 18 heavy (non-hydrogen) atoms. The van der Waals surface area contributed by atoms with Gasteiger partial charge < -0.3 is 15.5 Å². The Hall–Kier alpha value is -1.88. The zero-order valence-corrected chi connectivity index (χ0v) is 11.0. The Labute approximate surface area is 109 Å². The van der Waals surface area contributed by atoms with Gasteiger partial charge in [0.05, 0.1) is 24.0 Å². The second-order valence-electron chi connectivity index (χ2n) is 3.77. The molecule has 3 N–H and O–H groups in total. The van der Waals surface area contributed by atoms with Gasteiger partial charge in [-0.15, -0.1) is 11.8 Å². The lowest BCUT2D eigenvalue weighted by atomic mass is 10.1. The Balaban J connectivity index is 2.66. The fourth-order valence-corrected chi connectivity index (χ4v) is 2.09. The van der Waals surface area contributed by atoms with Crippen LogP contribution < -0.4 is 15.9 Å². The highest BCUT2D eigenvalue weighted by Gasteiger charge is 2.05. The fourth-order valence-electron chi connectivity index (χ4n) is 1.70. The lowest BCUT2D eigenvalue weighted by molar-refractivity contribution is 0.415. The van der Waals surface area contributed by atoms with Crippen LogP contribution in [0.3, 0.4) is 0 Å². The maximum atomic E-state index is 12.0. The van der Waals surface area contributed by atoms with Gasteiger partial charge in [-0.2, -0.15) is 0 Å². The van der Waals surface area contributed by atoms with Gasteiger partial charge in [0.2, 0.25) is 0 Å². The van der Waals surface area contributed by atoms with Gasteiger partial charge in [-0.3, -0.25) is 4.79 Å².